The van der Waals surface area contributed by atoms with Gasteiger partial charge in [0.05, 0.1) is 10.6 Å². The predicted molar refractivity (Wildman–Crippen MR) is 71.1 cm³/mol. The van der Waals surface area contributed by atoms with Gasteiger partial charge in [-0.15, -0.1) is 0 Å². The van der Waals surface area contributed by atoms with Crippen molar-refractivity contribution in [2.45, 2.75) is 36.2 Å². The molecule has 114 valence electrons. The molecule has 0 fully saturated rings. The van der Waals surface area contributed by atoms with Gasteiger partial charge in [0.1, 0.15) is 0 Å². The minimum Gasteiger partial charge on any atom is -0.378 e. The van der Waals surface area contributed by atoms with E-state index in [1.54, 1.807) is 13.8 Å². The molecule has 0 aliphatic rings. The predicted octanol–water partition coefficient (Wildman–Crippen LogP) is 2.52. The van der Waals surface area contributed by atoms with Gasteiger partial charge in [0.25, 0.3) is 9.84 Å². The van der Waals surface area contributed by atoms with Crippen LogP contribution >= 0.6 is 0 Å². The minimum atomic E-state index is -5.40. The number of hydrogen-bond acceptors (Lipinski definition) is 4. The summed E-state index contributed by atoms with van der Waals surface area (Å²) >= 11 is 0. The van der Waals surface area contributed by atoms with Crippen LogP contribution in [0.5, 0.6) is 0 Å². The topological polar surface area (TPSA) is 72.2 Å². The molecule has 20 heavy (non-hydrogen) atoms. The van der Waals surface area contributed by atoms with Crippen LogP contribution in [0.1, 0.15) is 20.3 Å². The molecule has 0 radical (unpaired) electrons. The molecule has 1 aromatic carbocycles. The van der Waals surface area contributed by atoms with Gasteiger partial charge in [-0.3, -0.25) is 0 Å². The number of nitrogens with one attached hydrogen (secondary N) is 1. The highest BCUT2D eigenvalue weighted by atomic mass is 32.2. The van der Waals surface area contributed by atoms with Crippen molar-refractivity contribution in [1.82, 2.24) is 0 Å². The molecule has 0 aliphatic heterocycles. The number of halogens is 3. The maximum absolute atomic E-state index is 12.7. The van der Waals surface area contributed by atoms with Crippen LogP contribution in [0.15, 0.2) is 29.2 Å². The molecule has 8 heteroatoms. The first-order valence-corrected chi connectivity index (χ1v) is 7.44. The Balaban J connectivity index is 3.33. The molecule has 0 heterocycles. The lowest BCUT2D eigenvalue weighted by Crippen LogP contribution is -2.42. The summed E-state index contributed by atoms with van der Waals surface area (Å²) in [6, 6.07) is 4.93. The molecule has 1 atom stereocenters. The van der Waals surface area contributed by atoms with Crippen LogP contribution < -0.4 is 11.1 Å². The third-order valence-electron chi connectivity index (χ3n) is 3.15. The monoisotopic (exact) mass is 310 g/mol. The van der Waals surface area contributed by atoms with Crippen LogP contribution in [0.4, 0.5) is 18.9 Å². The largest absolute Gasteiger partial charge is 0.501 e. The zero-order chi connectivity index (χ0) is 15.6. The Kier molecular flexibility index (Phi) is 4.70. The van der Waals surface area contributed by atoms with Crippen LogP contribution in [-0.2, 0) is 9.84 Å². The van der Waals surface area contributed by atoms with E-state index in [9.17, 15) is 21.6 Å². The molecule has 4 nitrogen and oxygen atoms in total. The lowest BCUT2D eigenvalue weighted by Gasteiger charge is -2.30. The molecule has 1 unspecified atom stereocenters. The SMILES string of the molecule is CCC(C)(CN)Nc1ccccc1S(=O)(=O)C(F)(F)F. The molecule has 0 saturated heterocycles. The number of alkyl halides is 3. The highest BCUT2D eigenvalue weighted by Crippen LogP contribution is 2.35. The van der Waals surface area contributed by atoms with Crippen molar-refractivity contribution in [2.75, 3.05) is 11.9 Å². The van der Waals surface area contributed by atoms with Crippen molar-refractivity contribution >= 4 is 15.5 Å². The van der Waals surface area contributed by atoms with Gasteiger partial charge in [0.2, 0.25) is 0 Å². The van der Waals surface area contributed by atoms with Crippen LogP contribution in [0.25, 0.3) is 0 Å². The summed E-state index contributed by atoms with van der Waals surface area (Å²) in [5, 5.41) is 2.80. The van der Waals surface area contributed by atoms with Crippen LogP contribution in [0, 0.1) is 0 Å². The zero-order valence-electron chi connectivity index (χ0n) is 11.2. The molecule has 0 amide bonds. The third-order valence-corrected chi connectivity index (χ3v) is 4.69. The maximum Gasteiger partial charge on any atom is 0.501 e. The average Bonchev–Trinajstić information content (AvgIpc) is 2.37. The van der Waals surface area contributed by atoms with E-state index in [4.69, 9.17) is 5.73 Å². The van der Waals surface area contributed by atoms with E-state index in [-0.39, 0.29) is 12.2 Å². The maximum atomic E-state index is 12.7. The summed E-state index contributed by atoms with van der Waals surface area (Å²) < 4.78 is 61.0. The normalized spacial score (nSPS) is 15.7. The molecule has 1 aromatic rings. The Bertz CT molecular complexity index is 566. The molecule has 0 aliphatic carbocycles. The summed E-state index contributed by atoms with van der Waals surface area (Å²) in [7, 11) is -5.40. The quantitative estimate of drug-likeness (QED) is 0.876. The first kappa shape index (κ1) is 16.8. The van der Waals surface area contributed by atoms with E-state index < -0.39 is 25.8 Å². The van der Waals surface area contributed by atoms with E-state index in [0.717, 1.165) is 6.07 Å². The van der Waals surface area contributed by atoms with Crippen molar-refractivity contribution in [1.29, 1.82) is 0 Å². The lowest BCUT2D eigenvalue weighted by molar-refractivity contribution is -0.0435. The molecule has 3 N–H and O–H groups in total. The van der Waals surface area contributed by atoms with E-state index in [0.29, 0.717) is 6.42 Å². The smallest absolute Gasteiger partial charge is 0.378 e. The van der Waals surface area contributed by atoms with E-state index in [2.05, 4.69) is 5.32 Å². The van der Waals surface area contributed by atoms with Gasteiger partial charge in [-0.1, -0.05) is 19.1 Å². The summed E-state index contributed by atoms with van der Waals surface area (Å²) in [6.45, 7) is 3.68. The van der Waals surface area contributed by atoms with Gasteiger partial charge in [-0.2, -0.15) is 13.2 Å². The van der Waals surface area contributed by atoms with Gasteiger partial charge in [0.15, 0.2) is 0 Å². The highest BCUT2D eigenvalue weighted by molar-refractivity contribution is 7.92. The molecular formula is C12H17F3N2O2S. The van der Waals surface area contributed by atoms with E-state index in [1.807, 2.05) is 0 Å². The number of anilines is 1. The number of benzene rings is 1. The fourth-order valence-corrected chi connectivity index (χ4v) is 2.45. The fourth-order valence-electron chi connectivity index (χ4n) is 1.54. The Hall–Kier alpha value is -1.28. The highest BCUT2D eigenvalue weighted by Gasteiger charge is 2.48. The van der Waals surface area contributed by atoms with Gasteiger partial charge < -0.3 is 11.1 Å². The number of para-hydroxylation sites is 1. The fraction of sp³-hybridized carbons (Fsp3) is 0.500. The second-order valence-corrected chi connectivity index (χ2v) is 6.60. The number of nitrogens with two attached hydrogens (primary N) is 1. The Labute approximate surface area is 116 Å². The van der Waals surface area contributed by atoms with Gasteiger partial charge >= 0.3 is 5.51 Å². The van der Waals surface area contributed by atoms with Crippen molar-refractivity contribution in [2.24, 2.45) is 5.73 Å². The van der Waals surface area contributed by atoms with Gasteiger partial charge in [-0.25, -0.2) is 8.42 Å². The summed E-state index contributed by atoms with van der Waals surface area (Å²) in [5.74, 6) is 0. The van der Waals surface area contributed by atoms with Gasteiger partial charge in [0, 0.05) is 12.1 Å². The average molecular weight is 310 g/mol. The number of hydrogen-bond donors (Lipinski definition) is 2. The molecule has 0 spiro atoms. The standard InChI is InChI=1S/C12H17F3N2O2S/c1-3-11(2,8-16)17-9-6-4-5-7-10(9)20(18,19)12(13,14)15/h4-7,17H,3,8,16H2,1-2H3. The van der Waals surface area contributed by atoms with Crippen molar-refractivity contribution in [3.05, 3.63) is 24.3 Å². The lowest BCUT2D eigenvalue weighted by atomic mass is 9.99. The summed E-state index contributed by atoms with van der Waals surface area (Å²) in [5.41, 5.74) is -0.542. The molecule has 0 saturated carbocycles. The van der Waals surface area contributed by atoms with Crippen molar-refractivity contribution in [3.63, 3.8) is 0 Å². The second-order valence-electron chi connectivity index (χ2n) is 4.69. The van der Waals surface area contributed by atoms with Crippen LogP contribution in [0.3, 0.4) is 0 Å². The number of rotatable bonds is 5. The van der Waals surface area contributed by atoms with Gasteiger partial charge in [-0.05, 0) is 25.5 Å². The van der Waals surface area contributed by atoms with Crippen molar-refractivity contribution < 1.29 is 21.6 Å². The Morgan fingerprint density at radius 2 is 1.80 bits per heavy atom. The van der Waals surface area contributed by atoms with Crippen molar-refractivity contribution in [3.8, 4) is 0 Å². The summed E-state index contributed by atoms with van der Waals surface area (Å²) in [4.78, 5) is -0.791. The number of sulfone groups is 1. The summed E-state index contributed by atoms with van der Waals surface area (Å²) in [6.07, 6.45) is 0.532. The molecule has 1 rings (SSSR count). The first-order valence-electron chi connectivity index (χ1n) is 5.96. The minimum absolute atomic E-state index is 0.0976. The van der Waals surface area contributed by atoms with Crippen LogP contribution in [0.2, 0.25) is 0 Å². The Morgan fingerprint density at radius 3 is 2.25 bits per heavy atom. The zero-order valence-corrected chi connectivity index (χ0v) is 12.0. The molecular weight excluding hydrogens is 293 g/mol. The third kappa shape index (κ3) is 3.24. The molecule has 0 bridgehead atoms. The first-order chi connectivity index (χ1) is 9.07. The second kappa shape index (κ2) is 5.61. The van der Waals surface area contributed by atoms with Crippen LogP contribution in [-0.4, -0.2) is 26.0 Å². The Morgan fingerprint density at radius 1 is 1.25 bits per heavy atom. The van der Waals surface area contributed by atoms with E-state index in [1.165, 1.54) is 18.2 Å². The molecule has 0 aromatic heterocycles. The van der Waals surface area contributed by atoms with E-state index >= 15 is 0 Å².